The van der Waals surface area contributed by atoms with Crippen LogP contribution >= 0.6 is 0 Å². The summed E-state index contributed by atoms with van der Waals surface area (Å²) in [5.74, 6) is -3.88. The van der Waals surface area contributed by atoms with Crippen LogP contribution in [-0.4, -0.2) is 69.6 Å². The number of carbonyl (C=O) groups is 6. The van der Waals surface area contributed by atoms with Gasteiger partial charge in [-0.25, -0.2) is 14.4 Å². The van der Waals surface area contributed by atoms with Crippen molar-refractivity contribution >= 4 is 35.6 Å². The second kappa shape index (κ2) is 21.4. The fraction of sp³-hybridized carbons (Fsp3) is 0.739. The topological polar surface area (TPSA) is 199 Å². The Morgan fingerprint density at radius 3 is 1.66 bits per heavy atom. The molecule has 0 heterocycles. The van der Waals surface area contributed by atoms with Gasteiger partial charge in [0.2, 0.25) is 5.91 Å². The Balaban J connectivity index is 0. The van der Waals surface area contributed by atoms with Crippen LogP contribution in [0.5, 0.6) is 0 Å². The van der Waals surface area contributed by atoms with Crippen LogP contribution in [0.4, 0.5) is 4.79 Å². The smallest absolute Gasteiger partial charge is 0.326 e. The van der Waals surface area contributed by atoms with Crippen molar-refractivity contribution in [1.29, 1.82) is 0 Å². The standard InChI is InChI=1S/C21H35N3O9.C2H6/c1-14(25)8-4-2-3-5-10-17(26)22-13-7-6-9-15(19(29)30)23-21(33)24-16(20(31)32)11-12-18(27)28;1-2/h15-16H,2-13H2,1H3,(H,22,26)(H,27,28)(H,29,30)(H,31,32)(H2,23,24,33);1-2H3. The van der Waals surface area contributed by atoms with Crippen molar-refractivity contribution in [2.24, 2.45) is 0 Å². The fourth-order valence-corrected chi connectivity index (χ4v) is 2.94. The molecule has 0 saturated heterocycles. The van der Waals surface area contributed by atoms with E-state index in [1.807, 2.05) is 13.8 Å². The zero-order valence-electron chi connectivity index (χ0n) is 20.9. The summed E-state index contributed by atoms with van der Waals surface area (Å²) in [6, 6.07) is -3.73. The minimum atomic E-state index is -1.46. The number of unbranched alkanes of at least 4 members (excludes halogenated alkanes) is 4. The average molecular weight is 504 g/mol. The monoisotopic (exact) mass is 503 g/mol. The molecule has 2 unspecified atom stereocenters. The third kappa shape index (κ3) is 21.1. The van der Waals surface area contributed by atoms with Gasteiger partial charge in [0.05, 0.1) is 0 Å². The molecule has 12 nitrogen and oxygen atoms in total. The number of rotatable bonds is 19. The van der Waals surface area contributed by atoms with Gasteiger partial charge in [-0.3, -0.25) is 9.59 Å². The zero-order valence-corrected chi connectivity index (χ0v) is 20.9. The Morgan fingerprint density at radius 1 is 0.657 bits per heavy atom. The summed E-state index contributed by atoms with van der Waals surface area (Å²) in [6.45, 7) is 5.91. The van der Waals surface area contributed by atoms with Gasteiger partial charge in [0.15, 0.2) is 0 Å². The average Bonchev–Trinajstić information content (AvgIpc) is 2.78. The Kier molecular flexibility index (Phi) is 20.7. The third-order valence-electron chi connectivity index (χ3n) is 4.78. The second-order valence-corrected chi connectivity index (χ2v) is 7.79. The van der Waals surface area contributed by atoms with Gasteiger partial charge in [-0.2, -0.15) is 0 Å². The lowest BCUT2D eigenvalue weighted by Gasteiger charge is -2.18. The van der Waals surface area contributed by atoms with E-state index in [-0.39, 0.29) is 24.5 Å². The molecule has 6 N–H and O–H groups in total. The van der Waals surface area contributed by atoms with Crippen molar-refractivity contribution in [3.63, 3.8) is 0 Å². The van der Waals surface area contributed by atoms with Crippen LogP contribution in [0, 0.1) is 0 Å². The van der Waals surface area contributed by atoms with Gasteiger partial charge in [-0.05, 0) is 45.4 Å². The predicted molar refractivity (Wildman–Crippen MR) is 128 cm³/mol. The molecule has 0 fully saturated rings. The summed E-state index contributed by atoms with van der Waals surface area (Å²) in [5, 5.41) is 33.9. The van der Waals surface area contributed by atoms with Crippen molar-refractivity contribution in [3.8, 4) is 0 Å². The molecule has 0 bridgehead atoms. The van der Waals surface area contributed by atoms with Crippen LogP contribution in [-0.2, 0) is 24.0 Å². The van der Waals surface area contributed by atoms with E-state index in [2.05, 4.69) is 16.0 Å². The van der Waals surface area contributed by atoms with Crippen molar-refractivity contribution in [2.75, 3.05) is 6.54 Å². The van der Waals surface area contributed by atoms with Crippen molar-refractivity contribution in [1.82, 2.24) is 16.0 Å². The van der Waals surface area contributed by atoms with E-state index in [0.29, 0.717) is 32.2 Å². The minimum absolute atomic E-state index is 0.0711. The number of carboxylic acid groups (broad SMARTS) is 3. The predicted octanol–water partition coefficient (Wildman–Crippen LogP) is 2.30. The first kappa shape index (κ1) is 34.0. The molecule has 12 heteroatoms. The normalized spacial score (nSPS) is 11.7. The van der Waals surface area contributed by atoms with E-state index in [4.69, 9.17) is 10.2 Å². The maximum atomic E-state index is 11.9. The maximum Gasteiger partial charge on any atom is 0.326 e. The quantitative estimate of drug-likeness (QED) is 0.143. The number of carboxylic acids is 3. The number of ketones is 1. The number of aliphatic carboxylic acids is 3. The van der Waals surface area contributed by atoms with Crippen LogP contribution in [0.15, 0.2) is 0 Å². The van der Waals surface area contributed by atoms with Crippen molar-refractivity contribution in [2.45, 2.75) is 103 Å². The molecular formula is C23H41N3O9. The summed E-state index contributed by atoms with van der Waals surface area (Å²) in [5.41, 5.74) is 0. The lowest BCUT2D eigenvalue weighted by molar-refractivity contribution is -0.141. The summed E-state index contributed by atoms with van der Waals surface area (Å²) >= 11 is 0. The molecule has 3 amide bonds. The Morgan fingerprint density at radius 2 is 1.17 bits per heavy atom. The van der Waals surface area contributed by atoms with E-state index in [0.717, 1.165) is 25.7 Å². The molecule has 0 aromatic carbocycles. The molecule has 202 valence electrons. The molecule has 35 heavy (non-hydrogen) atoms. The van der Waals surface area contributed by atoms with E-state index in [1.54, 1.807) is 6.92 Å². The second-order valence-electron chi connectivity index (χ2n) is 7.79. The SMILES string of the molecule is CC.CC(=O)CCCCCCC(=O)NCCCCC(NC(=O)NC(CCC(=O)O)C(=O)O)C(=O)O. The van der Waals surface area contributed by atoms with Gasteiger partial charge in [0.1, 0.15) is 17.9 Å². The molecule has 0 aromatic rings. The fourth-order valence-electron chi connectivity index (χ4n) is 2.94. The maximum absolute atomic E-state index is 11.9. The van der Waals surface area contributed by atoms with Gasteiger partial charge in [-0.15, -0.1) is 0 Å². The highest BCUT2D eigenvalue weighted by Gasteiger charge is 2.24. The first-order valence-corrected chi connectivity index (χ1v) is 12.0. The first-order chi connectivity index (χ1) is 16.5. The number of hydrogen-bond donors (Lipinski definition) is 6. The van der Waals surface area contributed by atoms with Crippen molar-refractivity contribution in [3.05, 3.63) is 0 Å². The van der Waals surface area contributed by atoms with E-state index in [1.165, 1.54) is 0 Å². The van der Waals surface area contributed by atoms with Gasteiger partial charge < -0.3 is 36.1 Å². The lowest BCUT2D eigenvalue weighted by atomic mass is 10.1. The zero-order chi connectivity index (χ0) is 27.2. The van der Waals surface area contributed by atoms with Gasteiger partial charge in [-0.1, -0.05) is 26.7 Å². The lowest BCUT2D eigenvalue weighted by Crippen LogP contribution is -2.51. The summed E-state index contributed by atoms with van der Waals surface area (Å²) in [4.78, 5) is 67.6. The molecular weight excluding hydrogens is 462 g/mol. The Hall–Kier alpha value is -3.18. The molecule has 0 spiro atoms. The summed E-state index contributed by atoms with van der Waals surface area (Å²) < 4.78 is 0. The number of carbonyl (C=O) groups excluding carboxylic acids is 3. The Bertz CT molecular complexity index is 683. The summed E-state index contributed by atoms with van der Waals surface area (Å²) in [7, 11) is 0. The van der Waals surface area contributed by atoms with E-state index < -0.39 is 42.4 Å². The molecule has 0 aliphatic rings. The molecule has 0 aliphatic heterocycles. The van der Waals surface area contributed by atoms with Crippen LogP contribution in [0.1, 0.15) is 91.4 Å². The molecule has 2 atom stereocenters. The van der Waals surface area contributed by atoms with Gasteiger partial charge >= 0.3 is 23.9 Å². The third-order valence-corrected chi connectivity index (χ3v) is 4.78. The number of nitrogens with one attached hydrogen (secondary N) is 3. The highest BCUT2D eigenvalue weighted by atomic mass is 16.4. The molecule has 0 aliphatic carbocycles. The van der Waals surface area contributed by atoms with Gasteiger partial charge in [0.25, 0.3) is 0 Å². The Labute approximate surface area is 206 Å². The van der Waals surface area contributed by atoms with Crippen LogP contribution in [0.2, 0.25) is 0 Å². The molecule has 0 saturated carbocycles. The van der Waals surface area contributed by atoms with Crippen LogP contribution < -0.4 is 16.0 Å². The molecule has 0 radical (unpaired) electrons. The van der Waals surface area contributed by atoms with Crippen molar-refractivity contribution < 1.29 is 44.1 Å². The highest BCUT2D eigenvalue weighted by Crippen LogP contribution is 2.06. The highest BCUT2D eigenvalue weighted by molar-refractivity contribution is 5.86. The van der Waals surface area contributed by atoms with Gasteiger partial charge in [0, 0.05) is 25.8 Å². The minimum Gasteiger partial charge on any atom is -0.481 e. The number of amides is 3. The first-order valence-electron chi connectivity index (χ1n) is 12.0. The number of urea groups is 1. The number of Topliss-reactive ketones (excluding diaryl/α,β-unsaturated/α-hetero) is 1. The molecule has 0 rings (SSSR count). The largest absolute Gasteiger partial charge is 0.481 e. The van der Waals surface area contributed by atoms with Crippen LogP contribution in [0.3, 0.4) is 0 Å². The van der Waals surface area contributed by atoms with E-state index in [9.17, 15) is 33.9 Å². The molecule has 0 aromatic heterocycles. The van der Waals surface area contributed by atoms with E-state index >= 15 is 0 Å². The van der Waals surface area contributed by atoms with Crippen LogP contribution in [0.25, 0.3) is 0 Å². The number of hydrogen-bond acceptors (Lipinski definition) is 6. The summed E-state index contributed by atoms with van der Waals surface area (Å²) in [6.07, 6.45) is 4.42.